The molecule has 0 bridgehead atoms. The number of ether oxygens (including phenoxy) is 1. The highest BCUT2D eigenvalue weighted by Gasteiger charge is 2.30. The molecule has 5 N–H and O–H groups in total. The van der Waals surface area contributed by atoms with Crippen LogP contribution in [0, 0.1) is 0 Å². The summed E-state index contributed by atoms with van der Waals surface area (Å²) >= 11 is 0. The van der Waals surface area contributed by atoms with E-state index in [4.69, 9.17) is 16.4 Å². The molecule has 198 valence electrons. The van der Waals surface area contributed by atoms with Crippen molar-refractivity contribution in [1.29, 1.82) is 0 Å². The van der Waals surface area contributed by atoms with Gasteiger partial charge in [-0.1, -0.05) is 43.5 Å². The van der Waals surface area contributed by atoms with Crippen molar-refractivity contribution in [2.75, 3.05) is 0 Å². The van der Waals surface area contributed by atoms with Crippen LogP contribution >= 0.6 is 0 Å². The number of benzene rings is 2. The van der Waals surface area contributed by atoms with E-state index in [1.54, 1.807) is 12.3 Å². The summed E-state index contributed by atoms with van der Waals surface area (Å²) < 4.78 is 46.6. The van der Waals surface area contributed by atoms with Crippen LogP contribution in [0.1, 0.15) is 60.4 Å². The van der Waals surface area contributed by atoms with Crippen LogP contribution in [0.15, 0.2) is 66.0 Å². The topological polar surface area (TPSA) is 116 Å². The molecule has 0 radical (unpaired) electrons. The monoisotopic (exact) mass is 523 g/mol. The number of hydrogen-bond donors (Lipinski definition) is 3. The number of nitrogens with two attached hydrogens (primary N) is 2. The third-order valence-electron chi connectivity index (χ3n) is 6.90. The third kappa shape index (κ3) is 5.14. The van der Waals surface area contributed by atoms with Gasteiger partial charge in [0.1, 0.15) is 12.4 Å². The lowest BCUT2D eigenvalue weighted by Gasteiger charge is -2.25. The maximum atomic E-state index is 13.0. The Morgan fingerprint density at radius 2 is 1.84 bits per heavy atom. The number of aromatic nitrogens is 3. The van der Waals surface area contributed by atoms with E-state index >= 15 is 0 Å². The van der Waals surface area contributed by atoms with Crippen LogP contribution in [0.4, 0.5) is 13.2 Å². The molecule has 0 spiro atoms. The average Bonchev–Trinajstić information content (AvgIpc) is 3.36. The summed E-state index contributed by atoms with van der Waals surface area (Å²) in [4.78, 5) is 4.66. The molecule has 0 saturated heterocycles. The first-order chi connectivity index (χ1) is 18.4. The highest BCUT2D eigenvalue weighted by atomic mass is 19.4. The highest BCUT2D eigenvalue weighted by Crippen LogP contribution is 2.38. The van der Waals surface area contributed by atoms with E-state index in [-0.39, 0.29) is 12.4 Å². The minimum Gasteiger partial charge on any atom is -0.489 e. The molecule has 1 fully saturated rings. The number of alkyl halides is 3. The number of nitrogens with zero attached hydrogens (tertiary/aromatic N) is 4. The van der Waals surface area contributed by atoms with Gasteiger partial charge in [0.2, 0.25) is 0 Å². The van der Waals surface area contributed by atoms with E-state index in [1.807, 2.05) is 35.0 Å². The molecule has 8 nitrogen and oxygen atoms in total. The summed E-state index contributed by atoms with van der Waals surface area (Å²) in [5, 5.41) is 8.32. The predicted molar refractivity (Wildman–Crippen MR) is 138 cm³/mol. The van der Waals surface area contributed by atoms with Crippen LogP contribution in [0.2, 0.25) is 0 Å². The zero-order valence-corrected chi connectivity index (χ0v) is 20.6. The molecule has 1 aliphatic rings. The van der Waals surface area contributed by atoms with E-state index in [1.165, 1.54) is 12.5 Å². The Bertz CT molecular complexity index is 1440. The summed E-state index contributed by atoms with van der Waals surface area (Å²) in [5.41, 5.74) is 6.42. The molecular weight excluding hydrogens is 495 g/mol. The van der Waals surface area contributed by atoms with Crippen molar-refractivity contribution < 1.29 is 17.9 Å². The normalized spacial score (nSPS) is 15.1. The van der Waals surface area contributed by atoms with Crippen molar-refractivity contribution in [3.8, 4) is 16.9 Å². The second kappa shape index (κ2) is 10.7. The van der Waals surface area contributed by atoms with Gasteiger partial charge >= 0.3 is 6.18 Å². The Morgan fingerprint density at radius 1 is 1.08 bits per heavy atom. The number of rotatable bonds is 6. The summed E-state index contributed by atoms with van der Waals surface area (Å²) in [6, 6.07) is 12.6. The van der Waals surface area contributed by atoms with Crippen molar-refractivity contribution >= 4 is 11.5 Å². The Hall–Kier alpha value is -4.12. The largest absolute Gasteiger partial charge is 0.489 e. The van der Waals surface area contributed by atoms with Gasteiger partial charge in [0.15, 0.2) is 11.5 Å². The first kappa shape index (κ1) is 25.5. The smallest absolute Gasteiger partial charge is 0.416 e. The molecule has 4 aromatic rings. The molecule has 0 unspecified atom stereocenters. The van der Waals surface area contributed by atoms with E-state index < -0.39 is 11.7 Å². The Labute approximate surface area is 217 Å². The predicted octanol–water partition coefficient (Wildman–Crippen LogP) is 5.13. The van der Waals surface area contributed by atoms with Crippen LogP contribution in [0.5, 0.6) is 5.75 Å². The molecule has 1 saturated carbocycles. The molecule has 1 aliphatic carbocycles. The first-order valence-electron chi connectivity index (χ1n) is 12.4. The fraction of sp³-hybridized carbons (Fsp3) is 0.296. The van der Waals surface area contributed by atoms with Gasteiger partial charge in [-0.3, -0.25) is 0 Å². The standard InChI is InChI=1S/C27H28F3N7O/c28-27(29,30)20-8-4-5-17(13-20)16-38-21-11-9-18(10-12-21)22-14-33-26-23(25(35-31)36-32)15-34-37(26)24(22)19-6-2-1-3-7-19/h4-5,8-15,19H,1-3,6-7,16,31-32H2,(H,35,36). The number of hydrogen-bond acceptors (Lipinski definition) is 6. The van der Waals surface area contributed by atoms with Gasteiger partial charge in [-0.2, -0.15) is 23.4 Å². The van der Waals surface area contributed by atoms with Crippen molar-refractivity contribution in [2.24, 2.45) is 16.8 Å². The minimum atomic E-state index is -4.39. The Balaban J connectivity index is 1.44. The van der Waals surface area contributed by atoms with E-state index in [9.17, 15) is 13.2 Å². The molecule has 0 atom stereocenters. The lowest BCUT2D eigenvalue weighted by Crippen LogP contribution is -2.32. The van der Waals surface area contributed by atoms with Gasteiger partial charge in [-0.15, -0.1) is 0 Å². The first-order valence-corrected chi connectivity index (χ1v) is 12.4. The number of halogens is 3. The Kier molecular flexibility index (Phi) is 7.19. The molecule has 2 heterocycles. The molecule has 0 aliphatic heterocycles. The van der Waals surface area contributed by atoms with Crippen LogP contribution in [0.25, 0.3) is 16.8 Å². The maximum Gasteiger partial charge on any atom is 0.416 e. The van der Waals surface area contributed by atoms with Crippen LogP contribution in [-0.2, 0) is 12.8 Å². The molecule has 5 rings (SSSR count). The molecule has 38 heavy (non-hydrogen) atoms. The maximum absolute atomic E-state index is 13.0. The number of nitrogens with one attached hydrogen (secondary N) is 1. The average molecular weight is 524 g/mol. The third-order valence-corrected chi connectivity index (χ3v) is 6.90. The number of hydrazone groups is 1. The molecule has 11 heteroatoms. The van der Waals surface area contributed by atoms with E-state index in [2.05, 4.69) is 20.6 Å². The van der Waals surface area contributed by atoms with Crippen molar-refractivity contribution in [3.05, 3.63) is 83.3 Å². The van der Waals surface area contributed by atoms with Gasteiger partial charge in [-0.05, 0) is 48.2 Å². The van der Waals surface area contributed by atoms with Crippen LogP contribution in [-0.4, -0.2) is 20.4 Å². The molecular formula is C27H28F3N7O. The number of amidine groups is 1. The van der Waals surface area contributed by atoms with Gasteiger partial charge < -0.3 is 16.0 Å². The van der Waals surface area contributed by atoms with Crippen LogP contribution < -0.4 is 21.8 Å². The Morgan fingerprint density at radius 3 is 2.53 bits per heavy atom. The van der Waals surface area contributed by atoms with E-state index in [0.717, 1.165) is 54.6 Å². The van der Waals surface area contributed by atoms with Crippen molar-refractivity contribution in [3.63, 3.8) is 0 Å². The highest BCUT2D eigenvalue weighted by molar-refractivity contribution is 6.03. The fourth-order valence-corrected chi connectivity index (χ4v) is 5.03. The van der Waals surface area contributed by atoms with Crippen LogP contribution in [0.3, 0.4) is 0 Å². The van der Waals surface area contributed by atoms with Gasteiger partial charge in [-0.25, -0.2) is 15.3 Å². The van der Waals surface area contributed by atoms with Crippen molar-refractivity contribution in [2.45, 2.75) is 50.8 Å². The second-order valence-corrected chi connectivity index (χ2v) is 9.32. The van der Waals surface area contributed by atoms with Gasteiger partial charge in [0, 0.05) is 17.7 Å². The summed E-state index contributed by atoms with van der Waals surface area (Å²) in [5.74, 6) is 12.2. The summed E-state index contributed by atoms with van der Waals surface area (Å²) in [6.07, 6.45) is 4.68. The summed E-state index contributed by atoms with van der Waals surface area (Å²) in [6.45, 7) is 0.0282. The minimum absolute atomic E-state index is 0.0282. The number of fused-ring (bicyclic) bond motifs is 1. The number of hydrazine groups is 1. The molecule has 2 aromatic heterocycles. The zero-order chi connectivity index (χ0) is 26.7. The second-order valence-electron chi connectivity index (χ2n) is 9.32. The zero-order valence-electron chi connectivity index (χ0n) is 20.6. The SMILES string of the molecule is N/N=C(\NN)c1cnn2c(C3CCCCC3)c(-c3ccc(OCc4cccc(C(F)(F)F)c4)cc3)cnc12. The van der Waals surface area contributed by atoms with Gasteiger partial charge in [0.05, 0.1) is 23.0 Å². The van der Waals surface area contributed by atoms with Crippen molar-refractivity contribution in [1.82, 2.24) is 20.0 Å². The lowest BCUT2D eigenvalue weighted by molar-refractivity contribution is -0.137. The molecule has 2 aromatic carbocycles. The quantitative estimate of drug-likeness (QED) is 0.140. The fourth-order valence-electron chi connectivity index (χ4n) is 5.03. The van der Waals surface area contributed by atoms with E-state index in [0.29, 0.717) is 28.4 Å². The lowest BCUT2D eigenvalue weighted by atomic mass is 9.84. The summed E-state index contributed by atoms with van der Waals surface area (Å²) in [7, 11) is 0. The van der Waals surface area contributed by atoms with Gasteiger partial charge in [0.25, 0.3) is 0 Å². The molecule has 0 amide bonds.